The molecule has 0 aliphatic carbocycles. The molecule has 1 aromatic heterocycles. The van der Waals surface area contributed by atoms with E-state index >= 15 is 0 Å². The standard InChI is InChI=1S/C12H12F2N4O/c1-6-10(15)11(18-17-6)12(19)16-5-7-4-8(13)2-3-9(7)14/h2-4H,5,15H2,1H3,(H,16,19)(H,17,18). The van der Waals surface area contributed by atoms with Gasteiger partial charge in [0, 0.05) is 12.1 Å². The van der Waals surface area contributed by atoms with Crippen molar-refractivity contribution in [3.63, 3.8) is 0 Å². The summed E-state index contributed by atoms with van der Waals surface area (Å²) < 4.78 is 26.3. The van der Waals surface area contributed by atoms with Gasteiger partial charge in [-0.25, -0.2) is 8.78 Å². The van der Waals surface area contributed by atoms with Crippen LogP contribution < -0.4 is 11.1 Å². The Labute approximate surface area is 107 Å². The molecule has 0 aliphatic rings. The van der Waals surface area contributed by atoms with Gasteiger partial charge in [0.05, 0.1) is 11.4 Å². The average Bonchev–Trinajstić information content (AvgIpc) is 2.71. The molecule has 0 bridgehead atoms. The number of hydrogen-bond donors (Lipinski definition) is 3. The van der Waals surface area contributed by atoms with Crippen molar-refractivity contribution in [2.24, 2.45) is 0 Å². The maximum absolute atomic E-state index is 13.3. The van der Waals surface area contributed by atoms with Crippen molar-refractivity contribution in [2.45, 2.75) is 13.5 Å². The summed E-state index contributed by atoms with van der Waals surface area (Å²) in [4.78, 5) is 11.8. The van der Waals surface area contributed by atoms with Gasteiger partial charge in [-0.2, -0.15) is 5.10 Å². The molecule has 7 heteroatoms. The SMILES string of the molecule is Cc1[nH]nc(C(=O)NCc2cc(F)ccc2F)c1N. The predicted molar refractivity (Wildman–Crippen MR) is 65.3 cm³/mol. The zero-order valence-corrected chi connectivity index (χ0v) is 10.1. The van der Waals surface area contributed by atoms with Crippen molar-refractivity contribution in [3.05, 3.63) is 46.8 Å². The Bertz CT molecular complexity index is 624. The molecule has 0 fully saturated rings. The maximum Gasteiger partial charge on any atom is 0.274 e. The van der Waals surface area contributed by atoms with Crippen molar-refractivity contribution in [3.8, 4) is 0 Å². The highest BCUT2D eigenvalue weighted by Gasteiger charge is 2.15. The maximum atomic E-state index is 13.3. The number of aromatic amines is 1. The first kappa shape index (κ1) is 13.0. The number of halogens is 2. The van der Waals surface area contributed by atoms with Crippen LogP contribution in [0.1, 0.15) is 21.7 Å². The second-order valence-corrected chi connectivity index (χ2v) is 4.03. The first-order valence-electron chi connectivity index (χ1n) is 5.51. The van der Waals surface area contributed by atoms with Crippen LogP contribution >= 0.6 is 0 Å². The Balaban J connectivity index is 2.08. The molecule has 0 saturated heterocycles. The van der Waals surface area contributed by atoms with Gasteiger partial charge in [0.25, 0.3) is 5.91 Å². The largest absolute Gasteiger partial charge is 0.395 e. The molecule has 0 unspecified atom stereocenters. The highest BCUT2D eigenvalue weighted by atomic mass is 19.1. The summed E-state index contributed by atoms with van der Waals surface area (Å²) in [7, 11) is 0. The molecule has 4 N–H and O–H groups in total. The minimum absolute atomic E-state index is 0.0364. The number of benzene rings is 1. The Kier molecular flexibility index (Phi) is 3.46. The summed E-state index contributed by atoms with van der Waals surface area (Å²) in [5.41, 5.74) is 6.53. The number of carbonyl (C=O) groups excluding carboxylic acids is 1. The Hall–Kier alpha value is -2.44. The van der Waals surface area contributed by atoms with Gasteiger partial charge in [-0.1, -0.05) is 0 Å². The van der Waals surface area contributed by atoms with Crippen LogP contribution in [-0.2, 0) is 6.54 Å². The molecule has 19 heavy (non-hydrogen) atoms. The average molecular weight is 266 g/mol. The molecule has 1 amide bonds. The van der Waals surface area contributed by atoms with E-state index in [1.54, 1.807) is 6.92 Å². The van der Waals surface area contributed by atoms with E-state index in [4.69, 9.17) is 5.73 Å². The summed E-state index contributed by atoms with van der Waals surface area (Å²) in [6.45, 7) is 1.53. The van der Waals surface area contributed by atoms with Crippen molar-refractivity contribution in [1.29, 1.82) is 0 Å². The zero-order valence-electron chi connectivity index (χ0n) is 10.1. The molecule has 2 aromatic rings. The van der Waals surface area contributed by atoms with Crippen LogP contribution in [0.3, 0.4) is 0 Å². The third kappa shape index (κ3) is 2.70. The highest BCUT2D eigenvalue weighted by molar-refractivity contribution is 5.97. The minimum Gasteiger partial charge on any atom is -0.395 e. The van der Waals surface area contributed by atoms with Crippen LogP contribution in [0.2, 0.25) is 0 Å². The number of nitrogens with zero attached hydrogens (tertiary/aromatic N) is 1. The topological polar surface area (TPSA) is 83.8 Å². The second kappa shape index (κ2) is 5.05. The number of carbonyl (C=O) groups is 1. The molecule has 1 aromatic carbocycles. The van der Waals surface area contributed by atoms with Gasteiger partial charge in [0.2, 0.25) is 0 Å². The summed E-state index contributed by atoms with van der Waals surface area (Å²) >= 11 is 0. The van der Waals surface area contributed by atoms with E-state index in [9.17, 15) is 13.6 Å². The summed E-state index contributed by atoms with van der Waals surface area (Å²) in [6, 6.07) is 3.04. The lowest BCUT2D eigenvalue weighted by atomic mass is 10.2. The molecule has 2 rings (SSSR count). The number of H-pyrrole nitrogens is 1. The van der Waals surface area contributed by atoms with Gasteiger partial charge in [0.1, 0.15) is 11.6 Å². The Morgan fingerprint density at radius 3 is 2.84 bits per heavy atom. The minimum atomic E-state index is -0.590. The Morgan fingerprint density at radius 1 is 1.47 bits per heavy atom. The summed E-state index contributed by atoms with van der Waals surface area (Å²) in [6.07, 6.45) is 0. The molecule has 0 spiro atoms. The fourth-order valence-corrected chi connectivity index (χ4v) is 1.55. The van der Waals surface area contributed by atoms with Gasteiger partial charge in [-0.05, 0) is 25.1 Å². The Morgan fingerprint density at radius 2 is 2.21 bits per heavy atom. The van der Waals surface area contributed by atoms with Gasteiger partial charge in [-0.3, -0.25) is 9.89 Å². The fraction of sp³-hybridized carbons (Fsp3) is 0.167. The fourth-order valence-electron chi connectivity index (χ4n) is 1.55. The molecule has 0 radical (unpaired) electrons. The van der Waals surface area contributed by atoms with E-state index in [2.05, 4.69) is 15.5 Å². The van der Waals surface area contributed by atoms with Gasteiger partial charge >= 0.3 is 0 Å². The highest BCUT2D eigenvalue weighted by Crippen LogP contribution is 2.13. The molecule has 0 atom stereocenters. The molecule has 100 valence electrons. The lowest BCUT2D eigenvalue weighted by Gasteiger charge is -2.05. The van der Waals surface area contributed by atoms with Crippen molar-refractivity contribution >= 4 is 11.6 Å². The second-order valence-electron chi connectivity index (χ2n) is 4.03. The number of anilines is 1. The monoisotopic (exact) mass is 266 g/mol. The number of amides is 1. The van der Waals surface area contributed by atoms with Crippen molar-refractivity contribution < 1.29 is 13.6 Å². The molecule has 0 aliphatic heterocycles. The predicted octanol–water partition coefficient (Wildman–Crippen LogP) is 1.51. The van der Waals surface area contributed by atoms with Crippen LogP contribution in [0.5, 0.6) is 0 Å². The smallest absolute Gasteiger partial charge is 0.274 e. The number of nitrogen functional groups attached to an aromatic ring is 1. The van der Waals surface area contributed by atoms with E-state index in [1.807, 2.05) is 0 Å². The molecular formula is C12H12F2N4O. The number of nitrogens with two attached hydrogens (primary N) is 1. The van der Waals surface area contributed by atoms with Gasteiger partial charge < -0.3 is 11.1 Å². The van der Waals surface area contributed by atoms with E-state index in [-0.39, 0.29) is 23.5 Å². The molecule has 0 saturated carbocycles. The third-order valence-electron chi connectivity index (χ3n) is 2.66. The van der Waals surface area contributed by atoms with Gasteiger partial charge in [-0.15, -0.1) is 0 Å². The zero-order chi connectivity index (χ0) is 14.0. The summed E-state index contributed by atoms with van der Waals surface area (Å²) in [5.74, 6) is -1.71. The molecule has 1 heterocycles. The number of aryl methyl sites for hydroxylation is 1. The lowest BCUT2D eigenvalue weighted by molar-refractivity contribution is 0.0946. The van der Waals surface area contributed by atoms with Crippen LogP contribution in [-0.4, -0.2) is 16.1 Å². The van der Waals surface area contributed by atoms with Crippen LogP contribution in [0.4, 0.5) is 14.5 Å². The van der Waals surface area contributed by atoms with Crippen LogP contribution in [0.25, 0.3) is 0 Å². The van der Waals surface area contributed by atoms with Crippen molar-refractivity contribution in [1.82, 2.24) is 15.5 Å². The number of nitrogens with one attached hydrogen (secondary N) is 2. The first-order chi connectivity index (χ1) is 8.99. The number of hydrogen-bond acceptors (Lipinski definition) is 3. The molecule has 5 nitrogen and oxygen atoms in total. The quantitative estimate of drug-likeness (QED) is 0.787. The summed E-state index contributed by atoms with van der Waals surface area (Å²) in [5, 5.41) is 8.73. The van der Waals surface area contributed by atoms with E-state index in [0.717, 1.165) is 18.2 Å². The van der Waals surface area contributed by atoms with E-state index in [1.165, 1.54) is 0 Å². The third-order valence-corrected chi connectivity index (χ3v) is 2.66. The first-order valence-corrected chi connectivity index (χ1v) is 5.51. The van der Waals surface area contributed by atoms with E-state index in [0.29, 0.717) is 5.69 Å². The lowest BCUT2D eigenvalue weighted by Crippen LogP contribution is -2.24. The van der Waals surface area contributed by atoms with Gasteiger partial charge in [0.15, 0.2) is 5.69 Å². The number of rotatable bonds is 3. The van der Waals surface area contributed by atoms with E-state index < -0.39 is 17.5 Å². The van der Waals surface area contributed by atoms with Crippen molar-refractivity contribution in [2.75, 3.05) is 5.73 Å². The van der Waals surface area contributed by atoms with Crippen LogP contribution in [0.15, 0.2) is 18.2 Å². The normalized spacial score (nSPS) is 10.5. The number of aromatic nitrogens is 2. The van der Waals surface area contributed by atoms with Crippen LogP contribution in [0, 0.1) is 18.6 Å². The molecular weight excluding hydrogens is 254 g/mol.